The summed E-state index contributed by atoms with van der Waals surface area (Å²) >= 11 is 0. The Bertz CT molecular complexity index is 492. The summed E-state index contributed by atoms with van der Waals surface area (Å²) in [5, 5.41) is 7.58. The van der Waals surface area contributed by atoms with Gasteiger partial charge in [0.05, 0.1) is 18.1 Å². The Labute approximate surface area is 100 Å². The Balaban J connectivity index is 1.82. The maximum atomic E-state index is 4.49. The van der Waals surface area contributed by atoms with Crippen molar-refractivity contribution < 1.29 is 0 Å². The number of nitrogens with one attached hydrogen (secondary N) is 2. The lowest BCUT2D eigenvalue weighted by Gasteiger charge is -2.20. The number of hydrogen-bond donors (Lipinski definition) is 2. The zero-order valence-corrected chi connectivity index (χ0v) is 9.98. The largest absolute Gasteiger partial charge is 0.342 e. The SMILES string of the molecule is Cn1cc(-c2cnc(C3CCCNC3)[nH]2)cn1. The van der Waals surface area contributed by atoms with Crippen molar-refractivity contribution in [2.75, 3.05) is 13.1 Å². The number of rotatable bonds is 2. The first-order valence-corrected chi connectivity index (χ1v) is 6.07. The first kappa shape index (κ1) is 10.5. The Morgan fingerprint density at radius 3 is 3.06 bits per heavy atom. The van der Waals surface area contributed by atoms with Gasteiger partial charge in [0.2, 0.25) is 0 Å². The van der Waals surface area contributed by atoms with Gasteiger partial charge < -0.3 is 10.3 Å². The van der Waals surface area contributed by atoms with E-state index in [1.165, 1.54) is 12.8 Å². The van der Waals surface area contributed by atoms with Crippen LogP contribution in [-0.2, 0) is 7.05 Å². The molecule has 3 rings (SSSR count). The predicted octanol–water partition coefficient (Wildman–Crippen LogP) is 1.28. The molecule has 0 amide bonds. The molecule has 0 spiro atoms. The summed E-state index contributed by atoms with van der Waals surface area (Å²) in [6.45, 7) is 2.16. The van der Waals surface area contributed by atoms with E-state index in [0.29, 0.717) is 5.92 Å². The van der Waals surface area contributed by atoms with Gasteiger partial charge in [-0.05, 0) is 19.4 Å². The zero-order valence-electron chi connectivity index (χ0n) is 9.98. The number of piperidine rings is 1. The van der Waals surface area contributed by atoms with Gasteiger partial charge in [-0.15, -0.1) is 0 Å². The molecule has 0 aromatic carbocycles. The highest BCUT2D eigenvalue weighted by Crippen LogP contribution is 2.23. The summed E-state index contributed by atoms with van der Waals surface area (Å²) in [6.07, 6.45) is 8.20. The molecule has 1 saturated heterocycles. The van der Waals surface area contributed by atoms with E-state index in [1.807, 2.05) is 25.6 Å². The lowest BCUT2D eigenvalue weighted by Crippen LogP contribution is -2.28. The average Bonchev–Trinajstić information content (AvgIpc) is 2.98. The maximum Gasteiger partial charge on any atom is 0.110 e. The first-order chi connectivity index (χ1) is 8.33. The first-order valence-electron chi connectivity index (χ1n) is 6.07. The summed E-state index contributed by atoms with van der Waals surface area (Å²) in [4.78, 5) is 7.90. The highest BCUT2D eigenvalue weighted by atomic mass is 15.2. The third kappa shape index (κ3) is 2.10. The summed E-state index contributed by atoms with van der Waals surface area (Å²) in [7, 11) is 1.92. The van der Waals surface area contributed by atoms with Gasteiger partial charge in [-0.1, -0.05) is 0 Å². The number of imidazole rings is 1. The van der Waals surface area contributed by atoms with Crippen LogP contribution in [0.1, 0.15) is 24.6 Å². The van der Waals surface area contributed by atoms with E-state index in [4.69, 9.17) is 0 Å². The van der Waals surface area contributed by atoms with Crippen LogP contribution in [0.3, 0.4) is 0 Å². The van der Waals surface area contributed by atoms with Crippen LogP contribution in [0, 0.1) is 0 Å². The maximum absolute atomic E-state index is 4.49. The van der Waals surface area contributed by atoms with E-state index in [9.17, 15) is 0 Å². The van der Waals surface area contributed by atoms with Crippen molar-refractivity contribution in [3.63, 3.8) is 0 Å². The number of aromatic amines is 1. The van der Waals surface area contributed by atoms with Crippen molar-refractivity contribution in [3.8, 4) is 11.3 Å². The quantitative estimate of drug-likeness (QED) is 0.818. The van der Waals surface area contributed by atoms with Crippen molar-refractivity contribution in [1.29, 1.82) is 0 Å². The molecule has 0 aliphatic carbocycles. The molecule has 17 heavy (non-hydrogen) atoms. The Kier molecular flexibility index (Phi) is 2.68. The molecule has 1 fully saturated rings. The van der Waals surface area contributed by atoms with Crippen LogP contribution in [0.4, 0.5) is 0 Å². The van der Waals surface area contributed by atoms with Crippen molar-refractivity contribution in [2.24, 2.45) is 7.05 Å². The molecule has 1 aliphatic rings. The number of hydrogen-bond acceptors (Lipinski definition) is 3. The van der Waals surface area contributed by atoms with Gasteiger partial charge in [0.25, 0.3) is 0 Å². The summed E-state index contributed by atoms with van der Waals surface area (Å²) in [6, 6.07) is 0. The molecule has 3 heterocycles. The molecule has 0 saturated carbocycles. The van der Waals surface area contributed by atoms with E-state index in [-0.39, 0.29) is 0 Å². The lowest BCUT2D eigenvalue weighted by molar-refractivity contribution is 0.449. The van der Waals surface area contributed by atoms with E-state index < -0.39 is 0 Å². The number of aryl methyl sites for hydroxylation is 1. The van der Waals surface area contributed by atoms with Crippen molar-refractivity contribution in [3.05, 3.63) is 24.4 Å². The van der Waals surface area contributed by atoms with E-state index >= 15 is 0 Å². The van der Waals surface area contributed by atoms with Crippen molar-refractivity contribution in [2.45, 2.75) is 18.8 Å². The topological polar surface area (TPSA) is 58.5 Å². The van der Waals surface area contributed by atoms with Crippen LogP contribution in [0.5, 0.6) is 0 Å². The van der Waals surface area contributed by atoms with Gasteiger partial charge >= 0.3 is 0 Å². The second kappa shape index (κ2) is 4.33. The fourth-order valence-electron chi connectivity index (χ4n) is 2.34. The normalized spacial score (nSPS) is 20.6. The van der Waals surface area contributed by atoms with Gasteiger partial charge in [-0.2, -0.15) is 5.10 Å². The average molecular weight is 231 g/mol. The molecule has 0 bridgehead atoms. The molecule has 2 aromatic rings. The predicted molar refractivity (Wildman–Crippen MR) is 65.6 cm³/mol. The molecule has 2 aromatic heterocycles. The molecule has 90 valence electrons. The van der Waals surface area contributed by atoms with Gasteiger partial charge in [0.15, 0.2) is 0 Å². The fourth-order valence-corrected chi connectivity index (χ4v) is 2.34. The molecular weight excluding hydrogens is 214 g/mol. The Morgan fingerprint density at radius 1 is 1.41 bits per heavy atom. The molecule has 1 atom stereocenters. The summed E-state index contributed by atoms with van der Waals surface area (Å²) < 4.78 is 1.80. The summed E-state index contributed by atoms with van der Waals surface area (Å²) in [5.74, 6) is 1.62. The second-order valence-corrected chi connectivity index (χ2v) is 4.63. The molecule has 2 N–H and O–H groups in total. The van der Waals surface area contributed by atoms with E-state index in [0.717, 1.165) is 30.2 Å². The van der Waals surface area contributed by atoms with E-state index in [2.05, 4.69) is 20.4 Å². The molecule has 1 unspecified atom stereocenters. The van der Waals surface area contributed by atoms with Crippen LogP contribution >= 0.6 is 0 Å². The van der Waals surface area contributed by atoms with Gasteiger partial charge in [0.1, 0.15) is 5.82 Å². The molecule has 5 nitrogen and oxygen atoms in total. The van der Waals surface area contributed by atoms with Gasteiger partial charge in [-0.25, -0.2) is 4.98 Å². The van der Waals surface area contributed by atoms with Crippen LogP contribution in [-0.4, -0.2) is 32.8 Å². The number of aromatic nitrogens is 4. The van der Waals surface area contributed by atoms with Crippen LogP contribution in [0.2, 0.25) is 0 Å². The number of H-pyrrole nitrogens is 1. The van der Waals surface area contributed by atoms with Crippen molar-refractivity contribution in [1.82, 2.24) is 25.1 Å². The van der Waals surface area contributed by atoms with E-state index in [1.54, 1.807) is 4.68 Å². The highest BCUT2D eigenvalue weighted by Gasteiger charge is 2.18. The molecule has 5 heteroatoms. The van der Waals surface area contributed by atoms with Crippen LogP contribution in [0.25, 0.3) is 11.3 Å². The van der Waals surface area contributed by atoms with Gasteiger partial charge in [0, 0.05) is 31.3 Å². The minimum Gasteiger partial charge on any atom is -0.342 e. The Hall–Kier alpha value is -1.62. The minimum atomic E-state index is 0.522. The van der Waals surface area contributed by atoms with Crippen LogP contribution in [0.15, 0.2) is 18.6 Å². The monoisotopic (exact) mass is 231 g/mol. The smallest absolute Gasteiger partial charge is 0.110 e. The van der Waals surface area contributed by atoms with Crippen molar-refractivity contribution >= 4 is 0 Å². The second-order valence-electron chi connectivity index (χ2n) is 4.63. The number of nitrogens with zero attached hydrogens (tertiary/aromatic N) is 3. The Morgan fingerprint density at radius 2 is 2.35 bits per heavy atom. The molecular formula is C12H17N5. The molecule has 1 aliphatic heterocycles. The summed E-state index contributed by atoms with van der Waals surface area (Å²) in [5.41, 5.74) is 2.15. The lowest BCUT2D eigenvalue weighted by atomic mass is 9.99. The fraction of sp³-hybridized carbons (Fsp3) is 0.500. The van der Waals surface area contributed by atoms with Gasteiger partial charge in [-0.3, -0.25) is 4.68 Å². The highest BCUT2D eigenvalue weighted by molar-refractivity contribution is 5.56. The zero-order chi connectivity index (χ0) is 11.7. The third-order valence-corrected chi connectivity index (χ3v) is 3.29. The minimum absolute atomic E-state index is 0.522. The van der Waals surface area contributed by atoms with Crippen LogP contribution < -0.4 is 5.32 Å². The molecule has 0 radical (unpaired) electrons. The standard InChI is InChI=1S/C12H17N5/c1-17-8-10(6-15-17)11-7-14-12(16-11)9-3-2-4-13-5-9/h6-9,13H,2-5H2,1H3,(H,14,16). The third-order valence-electron chi connectivity index (χ3n) is 3.29.